The lowest BCUT2D eigenvalue weighted by atomic mass is 10.1. The molecular formula is C12H15NO3. The summed E-state index contributed by atoms with van der Waals surface area (Å²) in [6.07, 6.45) is 1.99. The van der Waals surface area contributed by atoms with Gasteiger partial charge >= 0.3 is 0 Å². The third kappa shape index (κ3) is 2.40. The molecule has 1 N–H and O–H groups in total. The number of aryl methyl sites for hydroxylation is 1. The van der Waals surface area contributed by atoms with E-state index in [1.165, 1.54) is 5.06 Å². The molecule has 1 fully saturated rings. The molecule has 1 heterocycles. The van der Waals surface area contributed by atoms with E-state index < -0.39 is 0 Å². The minimum absolute atomic E-state index is 0.000641. The maximum atomic E-state index is 11.5. The van der Waals surface area contributed by atoms with Crippen molar-refractivity contribution >= 4 is 11.6 Å². The van der Waals surface area contributed by atoms with E-state index in [0.29, 0.717) is 13.0 Å². The van der Waals surface area contributed by atoms with Crippen LogP contribution in [0.15, 0.2) is 24.3 Å². The zero-order chi connectivity index (χ0) is 11.4. The first-order valence-corrected chi connectivity index (χ1v) is 5.47. The summed E-state index contributed by atoms with van der Waals surface area (Å²) in [5.41, 5.74) is 1.88. The summed E-state index contributed by atoms with van der Waals surface area (Å²) < 4.78 is 0. The fourth-order valence-corrected chi connectivity index (χ4v) is 1.74. The zero-order valence-corrected chi connectivity index (χ0v) is 9.06. The maximum absolute atomic E-state index is 11.5. The summed E-state index contributed by atoms with van der Waals surface area (Å²) in [4.78, 5) is 16.7. The van der Waals surface area contributed by atoms with Crippen molar-refractivity contribution in [1.82, 2.24) is 0 Å². The van der Waals surface area contributed by atoms with Crippen molar-refractivity contribution in [3.8, 4) is 0 Å². The topological polar surface area (TPSA) is 49.8 Å². The van der Waals surface area contributed by atoms with Gasteiger partial charge in [-0.15, -0.1) is 0 Å². The van der Waals surface area contributed by atoms with E-state index >= 15 is 0 Å². The zero-order valence-electron chi connectivity index (χ0n) is 9.06. The number of benzene rings is 1. The van der Waals surface area contributed by atoms with Gasteiger partial charge in [-0.2, -0.15) is 5.06 Å². The monoisotopic (exact) mass is 221 g/mol. The molecular weight excluding hydrogens is 206 g/mol. The highest BCUT2D eigenvalue weighted by atomic mass is 16.7. The van der Waals surface area contributed by atoms with E-state index in [4.69, 9.17) is 9.94 Å². The Labute approximate surface area is 94.4 Å². The number of carbonyl (C=O) groups is 1. The summed E-state index contributed by atoms with van der Waals surface area (Å²) in [7, 11) is 0. The normalized spacial score (nSPS) is 15.8. The van der Waals surface area contributed by atoms with Crippen molar-refractivity contribution in [2.24, 2.45) is 0 Å². The van der Waals surface area contributed by atoms with Crippen LogP contribution in [0.1, 0.15) is 18.4 Å². The van der Waals surface area contributed by atoms with E-state index in [0.717, 1.165) is 24.1 Å². The first-order chi connectivity index (χ1) is 7.81. The van der Waals surface area contributed by atoms with Crippen molar-refractivity contribution in [2.75, 3.05) is 18.3 Å². The second-order valence-electron chi connectivity index (χ2n) is 3.77. The largest absolute Gasteiger partial charge is 0.396 e. The molecule has 16 heavy (non-hydrogen) atoms. The van der Waals surface area contributed by atoms with Gasteiger partial charge < -0.3 is 5.11 Å². The minimum atomic E-state index is -0.000641. The average Bonchev–Trinajstić information content (AvgIpc) is 2.73. The van der Waals surface area contributed by atoms with Gasteiger partial charge in [-0.3, -0.25) is 9.63 Å². The lowest BCUT2D eigenvalue weighted by molar-refractivity contribution is -0.119. The van der Waals surface area contributed by atoms with Crippen LogP contribution in [0.2, 0.25) is 0 Å². The SMILES string of the molecule is O=C1CCON1c1cccc(CCCO)c1. The lowest BCUT2D eigenvalue weighted by Crippen LogP contribution is -2.22. The van der Waals surface area contributed by atoms with Gasteiger partial charge in [0.25, 0.3) is 5.91 Å². The first-order valence-electron chi connectivity index (χ1n) is 5.47. The number of carbonyl (C=O) groups excluding carboxylic acids is 1. The molecule has 1 aromatic rings. The summed E-state index contributed by atoms with van der Waals surface area (Å²) in [6.45, 7) is 0.642. The van der Waals surface area contributed by atoms with E-state index in [-0.39, 0.29) is 12.5 Å². The molecule has 4 nitrogen and oxygen atoms in total. The van der Waals surface area contributed by atoms with Gasteiger partial charge in [0.05, 0.1) is 18.7 Å². The summed E-state index contributed by atoms with van der Waals surface area (Å²) in [5, 5.41) is 10.1. The fourth-order valence-electron chi connectivity index (χ4n) is 1.74. The molecule has 86 valence electrons. The van der Waals surface area contributed by atoms with Crippen LogP contribution in [0.5, 0.6) is 0 Å². The third-order valence-electron chi connectivity index (χ3n) is 2.53. The van der Waals surface area contributed by atoms with Crippen LogP contribution in [0.25, 0.3) is 0 Å². The molecule has 0 bridgehead atoms. The molecule has 0 aromatic heterocycles. The minimum Gasteiger partial charge on any atom is -0.396 e. The summed E-state index contributed by atoms with van der Waals surface area (Å²) in [5.74, 6) is -0.000641. The van der Waals surface area contributed by atoms with Crippen molar-refractivity contribution in [3.05, 3.63) is 29.8 Å². The predicted octanol–water partition coefficient (Wildman–Crippen LogP) is 1.28. The Morgan fingerprint density at radius 1 is 1.44 bits per heavy atom. The van der Waals surface area contributed by atoms with Crippen molar-refractivity contribution < 1.29 is 14.7 Å². The number of aliphatic hydroxyl groups is 1. The Bertz CT molecular complexity index is 378. The Morgan fingerprint density at radius 3 is 3.00 bits per heavy atom. The number of aliphatic hydroxyl groups excluding tert-OH is 1. The van der Waals surface area contributed by atoms with Crippen molar-refractivity contribution in [2.45, 2.75) is 19.3 Å². The second kappa shape index (κ2) is 5.09. The average molecular weight is 221 g/mol. The van der Waals surface area contributed by atoms with Crippen LogP contribution in [-0.4, -0.2) is 24.2 Å². The molecule has 0 spiro atoms. The van der Waals surface area contributed by atoms with Gasteiger partial charge in [0, 0.05) is 6.61 Å². The molecule has 2 rings (SSSR count). The predicted molar refractivity (Wildman–Crippen MR) is 59.9 cm³/mol. The Balaban J connectivity index is 2.12. The van der Waals surface area contributed by atoms with Gasteiger partial charge in [0.15, 0.2) is 0 Å². The van der Waals surface area contributed by atoms with Gasteiger partial charge in [-0.25, -0.2) is 0 Å². The second-order valence-corrected chi connectivity index (χ2v) is 3.77. The van der Waals surface area contributed by atoms with Gasteiger partial charge in [0.2, 0.25) is 0 Å². The number of rotatable bonds is 4. The quantitative estimate of drug-likeness (QED) is 0.833. The molecule has 0 saturated carbocycles. The van der Waals surface area contributed by atoms with E-state index in [1.54, 1.807) is 0 Å². The van der Waals surface area contributed by atoms with Gasteiger partial charge in [-0.1, -0.05) is 12.1 Å². The highest BCUT2D eigenvalue weighted by Crippen LogP contribution is 2.21. The lowest BCUT2D eigenvalue weighted by Gasteiger charge is -2.14. The summed E-state index contributed by atoms with van der Waals surface area (Å²) >= 11 is 0. The van der Waals surface area contributed by atoms with Crippen LogP contribution < -0.4 is 5.06 Å². The van der Waals surface area contributed by atoms with E-state index in [9.17, 15) is 4.79 Å². The molecule has 1 aliphatic heterocycles. The van der Waals surface area contributed by atoms with Crippen LogP contribution in [0, 0.1) is 0 Å². The Morgan fingerprint density at radius 2 is 2.31 bits per heavy atom. The molecule has 1 aromatic carbocycles. The van der Waals surface area contributed by atoms with Crippen LogP contribution in [0.4, 0.5) is 5.69 Å². The standard InChI is InChI=1S/C12H15NO3/c14-7-2-4-10-3-1-5-11(9-10)13-12(15)6-8-16-13/h1,3,5,9,14H,2,4,6-8H2. The van der Waals surface area contributed by atoms with Gasteiger partial charge in [-0.05, 0) is 30.5 Å². The van der Waals surface area contributed by atoms with Gasteiger partial charge in [0.1, 0.15) is 0 Å². The molecule has 1 saturated heterocycles. The molecule has 0 aliphatic carbocycles. The number of hydrogen-bond acceptors (Lipinski definition) is 3. The summed E-state index contributed by atoms with van der Waals surface area (Å²) in [6, 6.07) is 7.67. The molecule has 0 radical (unpaired) electrons. The van der Waals surface area contributed by atoms with Crippen LogP contribution in [-0.2, 0) is 16.1 Å². The number of amides is 1. The maximum Gasteiger partial charge on any atom is 0.253 e. The van der Waals surface area contributed by atoms with E-state index in [1.807, 2.05) is 24.3 Å². The molecule has 0 atom stereocenters. The number of nitrogens with zero attached hydrogens (tertiary/aromatic N) is 1. The number of hydrogen-bond donors (Lipinski definition) is 1. The molecule has 0 unspecified atom stereocenters. The van der Waals surface area contributed by atoms with Crippen molar-refractivity contribution in [3.63, 3.8) is 0 Å². The first kappa shape index (κ1) is 11.1. The third-order valence-corrected chi connectivity index (χ3v) is 2.53. The molecule has 1 aliphatic rings. The number of anilines is 1. The highest BCUT2D eigenvalue weighted by molar-refractivity contribution is 5.92. The fraction of sp³-hybridized carbons (Fsp3) is 0.417. The van der Waals surface area contributed by atoms with Crippen molar-refractivity contribution in [1.29, 1.82) is 0 Å². The van der Waals surface area contributed by atoms with E-state index in [2.05, 4.69) is 0 Å². The number of hydroxylamine groups is 1. The van der Waals surface area contributed by atoms with Crippen LogP contribution >= 0.6 is 0 Å². The highest BCUT2D eigenvalue weighted by Gasteiger charge is 2.23. The smallest absolute Gasteiger partial charge is 0.253 e. The Hall–Kier alpha value is -1.39. The van der Waals surface area contributed by atoms with Crippen LogP contribution in [0.3, 0.4) is 0 Å². The Kier molecular flexibility index (Phi) is 3.54. The molecule has 4 heteroatoms. The molecule has 1 amide bonds.